The molecule has 2 fully saturated rings. The highest BCUT2D eigenvalue weighted by molar-refractivity contribution is 5.84. The zero-order valence-corrected chi connectivity index (χ0v) is 11.6. The van der Waals surface area contributed by atoms with E-state index in [2.05, 4.69) is 15.1 Å². The van der Waals surface area contributed by atoms with Crippen molar-refractivity contribution >= 4 is 5.91 Å². The number of piperidine rings is 1. The van der Waals surface area contributed by atoms with Crippen LogP contribution < -0.4 is 11.1 Å². The molecule has 0 bridgehead atoms. The first kappa shape index (κ1) is 13.8. The smallest absolute Gasteiger partial charge is 0.238 e. The molecule has 104 valence electrons. The number of amides is 1. The molecule has 0 aromatic heterocycles. The summed E-state index contributed by atoms with van der Waals surface area (Å²) in [5, 5.41) is 3.07. The molecule has 2 unspecified atom stereocenters. The van der Waals surface area contributed by atoms with E-state index in [9.17, 15) is 4.79 Å². The fraction of sp³-hybridized carbons (Fsp3) is 0.923. The van der Waals surface area contributed by atoms with Crippen molar-refractivity contribution in [3.05, 3.63) is 0 Å². The number of nitrogens with zero attached hydrogens (tertiary/aromatic N) is 2. The first-order valence-electron chi connectivity index (χ1n) is 7.00. The first-order valence-corrected chi connectivity index (χ1v) is 7.00. The predicted octanol–water partition coefficient (Wildman–Crippen LogP) is -0.380. The second-order valence-corrected chi connectivity index (χ2v) is 5.87. The third kappa shape index (κ3) is 2.84. The van der Waals surface area contributed by atoms with Gasteiger partial charge in [-0.1, -0.05) is 6.42 Å². The van der Waals surface area contributed by atoms with Gasteiger partial charge in [0.1, 0.15) is 5.54 Å². The molecular formula is C13H26N4O. The molecule has 2 saturated heterocycles. The minimum Gasteiger partial charge on any atom is -0.368 e. The fourth-order valence-corrected chi connectivity index (χ4v) is 3.09. The number of hydrogen-bond acceptors (Lipinski definition) is 4. The minimum absolute atomic E-state index is 0.268. The van der Waals surface area contributed by atoms with Gasteiger partial charge >= 0.3 is 0 Å². The van der Waals surface area contributed by atoms with Crippen molar-refractivity contribution in [3.8, 4) is 0 Å². The van der Waals surface area contributed by atoms with Gasteiger partial charge in [0.2, 0.25) is 5.91 Å². The molecule has 2 aliphatic heterocycles. The van der Waals surface area contributed by atoms with Crippen LogP contribution in [-0.4, -0.2) is 67.1 Å². The summed E-state index contributed by atoms with van der Waals surface area (Å²) in [4.78, 5) is 16.5. The van der Waals surface area contributed by atoms with Crippen LogP contribution in [0, 0.1) is 0 Å². The van der Waals surface area contributed by atoms with Crippen LogP contribution in [0.25, 0.3) is 0 Å². The van der Waals surface area contributed by atoms with Gasteiger partial charge in [0.05, 0.1) is 0 Å². The maximum atomic E-state index is 11.5. The van der Waals surface area contributed by atoms with Gasteiger partial charge in [-0.3, -0.25) is 14.6 Å². The first-order chi connectivity index (χ1) is 8.55. The Morgan fingerprint density at radius 2 is 2.17 bits per heavy atom. The van der Waals surface area contributed by atoms with Gasteiger partial charge in [-0.25, -0.2) is 0 Å². The van der Waals surface area contributed by atoms with E-state index in [1.807, 2.05) is 14.0 Å². The number of carbonyl (C=O) groups is 1. The summed E-state index contributed by atoms with van der Waals surface area (Å²) in [6, 6.07) is 0.682. The predicted molar refractivity (Wildman–Crippen MR) is 72.3 cm³/mol. The molecule has 0 aromatic carbocycles. The molecule has 1 amide bonds. The summed E-state index contributed by atoms with van der Waals surface area (Å²) < 4.78 is 0. The lowest BCUT2D eigenvalue weighted by molar-refractivity contribution is -0.124. The number of nitrogens with two attached hydrogens (primary N) is 1. The van der Waals surface area contributed by atoms with E-state index in [-0.39, 0.29) is 5.91 Å². The maximum absolute atomic E-state index is 11.5. The maximum Gasteiger partial charge on any atom is 0.238 e. The van der Waals surface area contributed by atoms with Gasteiger partial charge in [0.15, 0.2) is 0 Å². The van der Waals surface area contributed by atoms with Crippen LogP contribution >= 0.6 is 0 Å². The Bertz CT molecular complexity index is 309. The Balaban J connectivity index is 1.93. The van der Waals surface area contributed by atoms with E-state index in [0.29, 0.717) is 12.6 Å². The molecule has 0 saturated carbocycles. The van der Waals surface area contributed by atoms with Crippen LogP contribution in [0.4, 0.5) is 0 Å². The third-order valence-corrected chi connectivity index (χ3v) is 4.56. The average molecular weight is 254 g/mol. The van der Waals surface area contributed by atoms with Crippen molar-refractivity contribution in [2.75, 3.05) is 39.8 Å². The molecular weight excluding hydrogens is 228 g/mol. The summed E-state index contributed by atoms with van der Waals surface area (Å²) in [5.74, 6) is -0.268. The molecule has 2 aliphatic rings. The number of hydrogen-bond donors (Lipinski definition) is 2. The largest absolute Gasteiger partial charge is 0.368 e. The quantitative estimate of drug-likeness (QED) is 0.718. The topological polar surface area (TPSA) is 61.6 Å². The average Bonchev–Trinajstić information content (AvgIpc) is 2.38. The summed E-state index contributed by atoms with van der Waals surface area (Å²) in [6.45, 7) is 7.10. The molecule has 2 atom stereocenters. The Morgan fingerprint density at radius 1 is 1.39 bits per heavy atom. The van der Waals surface area contributed by atoms with Crippen LogP contribution in [0.15, 0.2) is 0 Å². The van der Waals surface area contributed by atoms with Crippen LogP contribution in [0.1, 0.15) is 26.2 Å². The molecule has 0 aromatic rings. The molecule has 18 heavy (non-hydrogen) atoms. The van der Waals surface area contributed by atoms with Gasteiger partial charge in [0, 0.05) is 32.2 Å². The standard InChI is InChI=1S/C13H26N4O/c1-13(15-2,12(14)18)10-16-7-8-17-6-4-3-5-11(17)9-16/h11,15H,3-10H2,1-2H3,(H2,14,18). The number of rotatable bonds is 4. The van der Waals surface area contributed by atoms with Crippen LogP contribution in [0.3, 0.4) is 0 Å². The lowest BCUT2D eigenvalue weighted by Crippen LogP contribution is -2.62. The number of carbonyl (C=O) groups excluding carboxylic acids is 1. The van der Waals surface area contributed by atoms with E-state index >= 15 is 0 Å². The molecule has 5 heteroatoms. The highest BCUT2D eigenvalue weighted by Gasteiger charge is 2.35. The van der Waals surface area contributed by atoms with Crippen molar-refractivity contribution in [2.45, 2.75) is 37.8 Å². The van der Waals surface area contributed by atoms with Crippen molar-refractivity contribution in [3.63, 3.8) is 0 Å². The summed E-state index contributed by atoms with van der Waals surface area (Å²) >= 11 is 0. The molecule has 0 spiro atoms. The zero-order chi connectivity index (χ0) is 13.2. The van der Waals surface area contributed by atoms with E-state index < -0.39 is 5.54 Å². The molecule has 2 heterocycles. The molecule has 3 N–H and O–H groups in total. The minimum atomic E-state index is -0.614. The number of fused-ring (bicyclic) bond motifs is 1. The van der Waals surface area contributed by atoms with Gasteiger partial charge in [-0.15, -0.1) is 0 Å². The Hall–Kier alpha value is -0.650. The van der Waals surface area contributed by atoms with E-state index in [1.165, 1.54) is 25.8 Å². The lowest BCUT2D eigenvalue weighted by Gasteiger charge is -2.45. The van der Waals surface area contributed by atoms with E-state index in [1.54, 1.807) is 0 Å². The highest BCUT2D eigenvalue weighted by Crippen LogP contribution is 2.22. The second-order valence-electron chi connectivity index (χ2n) is 5.87. The van der Waals surface area contributed by atoms with Crippen LogP contribution in [0.2, 0.25) is 0 Å². The van der Waals surface area contributed by atoms with Crippen molar-refractivity contribution in [2.24, 2.45) is 5.73 Å². The van der Waals surface area contributed by atoms with Crippen molar-refractivity contribution < 1.29 is 4.79 Å². The van der Waals surface area contributed by atoms with Gasteiger partial charge in [-0.2, -0.15) is 0 Å². The van der Waals surface area contributed by atoms with E-state index in [0.717, 1.165) is 19.6 Å². The normalized spacial score (nSPS) is 29.6. The highest BCUT2D eigenvalue weighted by atomic mass is 16.1. The zero-order valence-electron chi connectivity index (χ0n) is 11.6. The second kappa shape index (κ2) is 5.55. The number of primary amides is 1. The lowest BCUT2D eigenvalue weighted by atomic mass is 9.96. The third-order valence-electron chi connectivity index (χ3n) is 4.56. The summed E-state index contributed by atoms with van der Waals surface area (Å²) in [7, 11) is 1.81. The van der Waals surface area contributed by atoms with Gasteiger partial charge in [-0.05, 0) is 33.4 Å². The molecule has 5 nitrogen and oxygen atoms in total. The monoisotopic (exact) mass is 254 g/mol. The van der Waals surface area contributed by atoms with Gasteiger partial charge in [0.25, 0.3) is 0 Å². The molecule has 2 rings (SSSR count). The Morgan fingerprint density at radius 3 is 2.83 bits per heavy atom. The Labute approximate surface area is 110 Å². The van der Waals surface area contributed by atoms with Crippen molar-refractivity contribution in [1.29, 1.82) is 0 Å². The molecule has 0 radical (unpaired) electrons. The fourth-order valence-electron chi connectivity index (χ4n) is 3.09. The molecule has 0 aliphatic carbocycles. The van der Waals surface area contributed by atoms with E-state index in [4.69, 9.17) is 5.73 Å². The van der Waals surface area contributed by atoms with Crippen LogP contribution in [-0.2, 0) is 4.79 Å². The van der Waals surface area contributed by atoms with Crippen LogP contribution in [0.5, 0.6) is 0 Å². The summed E-state index contributed by atoms with van der Waals surface area (Å²) in [6.07, 6.45) is 3.98. The SMILES string of the molecule is CNC(C)(CN1CCN2CCCCC2C1)C(N)=O. The summed E-state index contributed by atoms with van der Waals surface area (Å²) in [5.41, 5.74) is 4.88. The van der Waals surface area contributed by atoms with Crippen molar-refractivity contribution in [1.82, 2.24) is 15.1 Å². The Kier molecular flexibility index (Phi) is 4.25. The number of likely N-dealkylation sites (N-methyl/N-ethyl adjacent to an activating group) is 1. The van der Waals surface area contributed by atoms with Gasteiger partial charge < -0.3 is 11.1 Å². The number of piperazine rings is 1. The number of nitrogens with one attached hydrogen (secondary N) is 1.